The summed E-state index contributed by atoms with van der Waals surface area (Å²) < 4.78 is 21.1. The summed E-state index contributed by atoms with van der Waals surface area (Å²) >= 11 is 1.40. The standard InChI is InChI=1S/C33H38FNO3S/c1-21-11-14-35(20-21)15-16-38-33(4)12-9-24(10-13-33)5-7-28-27-8-6-26(36)19-29(27)39-32(28)31(37)30-22(2)17-25(34)18-23(30)3/h6,8-10,12,17-19,21,36H,5,7,11,13-16,20H2,1-4H3/t21-,33?/m0/s1. The summed E-state index contributed by atoms with van der Waals surface area (Å²) in [5, 5.41) is 11.1. The van der Waals surface area contributed by atoms with Gasteiger partial charge in [-0.05, 0) is 111 Å². The van der Waals surface area contributed by atoms with Gasteiger partial charge in [0.1, 0.15) is 11.6 Å². The topological polar surface area (TPSA) is 49.8 Å². The minimum Gasteiger partial charge on any atom is -0.508 e. The fraction of sp³-hybridized carbons (Fsp3) is 0.424. The number of ether oxygens (including phenoxy) is 1. The zero-order valence-corrected chi connectivity index (χ0v) is 24.2. The maximum absolute atomic E-state index is 13.9. The fourth-order valence-electron chi connectivity index (χ4n) is 5.90. The number of carbonyl (C=O) groups excluding carboxylic acids is 1. The number of hydrogen-bond acceptors (Lipinski definition) is 5. The van der Waals surface area contributed by atoms with E-state index in [2.05, 4.69) is 37.0 Å². The summed E-state index contributed by atoms with van der Waals surface area (Å²) in [6.45, 7) is 12.1. The number of benzene rings is 2. The number of phenolic OH excluding ortho intramolecular Hbond substituents is 1. The first kappa shape index (κ1) is 27.8. The number of carbonyl (C=O) groups is 1. The van der Waals surface area contributed by atoms with E-state index in [0.717, 1.165) is 47.6 Å². The van der Waals surface area contributed by atoms with Gasteiger partial charge in [-0.25, -0.2) is 4.39 Å². The van der Waals surface area contributed by atoms with Gasteiger partial charge in [-0.1, -0.05) is 30.7 Å². The van der Waals surface area contributed by atoms with Crippen molar-refractivity contribution in [1.82, 2.24) is 4.90 Å². The summed E-state index contributed by atoms with van der Waals surface area (Å²) in [5.74, 6) is 0.550. The highest BCUT2D eigenvalue weighted by Gasteiger charge is 2.26. The van der Waals surface area contributed by atoms with E-state index < -0.39 is 0 Å². The number of ketones is 1. The first-order valence-electron chi connectivity index (χ1n) is 13.9. The Morgan fingerprint density at radius 3 is 2.64 bits per heavy atom. The highest BCUT2D eigenvalue weighted by molar-refractivity contribution is 7.21. The molecular formula is C33H38FNO3S. The van der Waals surface area contributed by atoms with E-state index in [1.807, 2.05) is 6.07 Å². The molecule has 2 heterocycles. The van der Waals surface area contributed by atoms with Crippen LogP contribution in [-0.2, 0) is 11.2 Å². The molecule has 0 spiro atoms. The molecule has 0 saturated carbocycles. The van der Waals surface area contributed by atoms with E-state index in [1.54, 1.807) is 26.0 Å². The monoisotopic (exact) mass is 547 g/mol. The molecule has 1 aromatic heterocycles. The molecule has 6 heteroatoms. The molecule has 39 heavy (non-hydrogen) atoms. The molecule has 1 aliphatic heterocycles. The maximum Gasteiger partial charge on any atom is 0.203 e. The Labute approximate surface area is 234 Å². The normalized spacial score (nSPS) is 21.6. The van der Waals surface area contributed by atoms with E-state index >= 15 is 0 Å². The molecule has 2 aromatic carbocycles. The average molecular weight is 548 g/mol. The maximum atomic E-state index is 13.9. The molecule has 3 aromatic rings. The highest BCUT2D eigenvalue weighted by Crippen LogP contribution is 2.38. The number of aromatic hydroxyl groups is 1. The van der Waals surface area contributed by atoms with Crippen molar-refractivity contribution in [2.45, 2.75) is 59.0 Å². The third-order valence-electron chi connectivity index (χ3n) is 8.14. The molecule has 4 nitrogen and oxygen atoms in total. The molecule has 2 atom stereocenters. The zero-order chi connectivity index (χ0) is 27.7. The van der Waals surface area contributed by atoms with Crippen molar-refractivity contribution in [2.75, 3.05) is 26.2 Å². The van der Waals surface area contributed by atoms with Crippen LogP contribution in [0.25, 0.3) is 10.1 Å². The van der Waals surface area contributed by atoms with Gasteiger partial charge in [-0.3, -0.25) is 4.79 Å². The van der Waals surface area contributed by atoms with Gasteiger partial charge in [0.25, 0.3) is 0 Å². The molecular weight excluding hydrogens is 509 g/mol. The van der Waals surface area contributed by atoms with E-state index in [9.17, 15) is 14.3 Å². The van der Waals surface area contributed by atoms with Gasteiger partial charge in [0, 0.05) is 23.4 Å². The molecule has 2 aliphatic rings. The van der Waals surface area contributed by atoms with Gasteiger partial charge < -0.3 is 14.7 Å². The number of rotatable bonds is 9. The molecule has 0 radical (unpaired) electrons. The summed E-state index contributed by atoms with van der Waals surface area (Å²) in [4.78, 5) is 17.0. The van der Waals surface area contributed by atoms with Crippen molar-refractivity contribution >= 4 is 27.2 Å². The lowest BCUT2D eigenvalue weighted by Gasteiger charge is -2.29. The highest BCUT2D eigenvalue weighted by atomic mass is 32.1. The second-order valence-corrected chi connectivity index (χ2v) is 12.6. The number of aryl methyl sites for hydroxylation is 3. The Hall–Kier alpha value is -2.80. The van der Waals surface area contributed by atoms with Crippen LogP contribution >= 0.6 is 11.3 Å². The molecule has 1 aliphatic carbocycles. The number of thiophene rings is 1. The van der Waals surface area contributed by atoms with Crippen molar-refractivity contribution in [3.63, 3.8) is 0 Å². The minimum absolute atomic E-state index is 0.0813. The number of fused-ring (bicyclic) bond motifs is 1. The zero-order valence-electron chi connectivity index (χ0n) is 23.4. The molecule has 206 valence electrons. The van der Waals surface area contributed by atoms with Gasteiger partial charge in [0.05, 0.1) is 17.1 Å². The second kappa shape index (κ2) is 11.4. The third-order valence-corrected chi connectivity index (χ3v) is 9.33. The predicted molar refractivity (Wildman–Crippen MR) is 158 cm³/mol. The largest absolute Gasteiger partial charge is 0.508 e. The van der Waals surface area contributed by atoms with Crippen molar-refractivity contribution in [1.29, 1.82) is 0 Å². The first-order chi connectivity index (χ1) is 18.6. The SMILES string of the molecule is Cc1cc(F)cc(C)c1C(=O)c1sc2cc(O)ccc2c1CCC1=CCC(C)(OCCN2CC[C@H](C)C2)C=C1. The Kier molecular flexibility index (Phi) is 8.08. The summed E-state index contributed by atoms with van der Waals surface area (Å²) in [5.41, 5.74) is 3.76. The molecule has 0 amide bonds. The van der Waals surface area contributed by atoms with Crippen molar-refractivity contribution in [3.05, 3.63) is 87.1 Å². The van der Waals surface area contributed by atoms with Gasteiger partial charge in [0.15, 0.2) is 0 Å². The fourth-order valence-corrected chi connectivity index (χ4v) is 7.14. The predicted octanol–water partition coefficient (Wildman–Crippen LogP) is 7.53. The van der Waals surface area contributed by atoms with Gasteiger partial charge in [-0.2, -0.15) is 0 Å². The smallest absolute Gasteiger partial charge is 0.203 e. The molecule has 0 bridgehead atoms. The minimum atomic E-state index is -0.333. The quantitative estimate of drug-likeness (QED) is 0.281. The number of hydrogen-bond donors (Lipinski definition) is 1. The van der Waals surface area contributed by atoms with Crippen LogP contribution in [0.15, 0.2) is 54.1 Å². The lowest BCUT2D eigenvalue weighted by molar-refractivity contribution is -0.00232. The summed E-state index contributed by atoms with van der Waals surface area (Å²) in [6, 6.07) is 8.13. The van der Waals surface area contributed by atoms with Crippen LogP contribution < -0.4 is 0 Å². The van der Waals surface area contributed by atoms with Gasteiger partial charge in [-0.15, -0.1) is 11.3 Å². The third kappa shape index (κ3) is 6.19. The van der Waals surface area contributed by atoms with Crippen molar-refractivity contribution in [2.24, 2.45) is 5.92 Å². The van der Waals surface area contributed by atoms with Gasteiger partial charge in [0.2, 0.25) is 5.78 Å². The van der Waals surface area contributed by atoms with E-state index in [-0.39, 0.29) is 23.0 Å². The lowest BCUT2D eigenvalue weighted by atomic mass is 9.90. The Morgan fingerprint density at radius 1 is 1.21 bits per heavy atom. The van der Waals surface area contributed by atoms with Crippen LogP contribution in [0.2, 0.25) is 0 Å². The van der Waals surface area contributed by atoms with Crippen LogP contribution in [0.4, 0.5) is 4.39 Å². The molecule has 1 unspecified atom stereocenters. The van der Waals surface area contributed by atoms with Gasteiger partial charge >= 0.3 is 0 Å². The van der Waals surface area contributed by atoms with Crippen LogP contribution in [0.5, 0.6) is 5.75 Å². The lowest BCUT2D eigenvalue weighted by Crippen LogP contribution is -2.32. The number of nitrogens with zero attached hydrogens (tertiary/aromatic N) is 1. The molecule has 1 N–H and O–H groups in total. The van der Waals surface area contributed by atoms with Crippen LogP contribution in [0, 0.1) is 25.6 Å². The molecule has 1 fully saturated rings. The van der Waals surface area contributed by atoms with E-state index in [4.69, 9.17) is 4.74 Å². The Morgan fingerprint density at radius 2 is 1.97 bits per heavy atom. The molecule has 1 saturated heterocycles. The first-order valence-corrected chi connectivity index (χ1v) is 14.7. The van der Waals surface area contributed by atoms with Crippen molar-refractivity contribution < 1.29 is 19.0 Å². The van der Waals surface area contributed by atoms with E-state index in [1.165, 1.54) is 48.6 Å². The number of phenols is 1. The number of likely N-dealkylation sites (tertiary alicyclic amines) is 1. The van der Waals surface area contributed by atoms with Crippen LogP contribution in [0.3, 0.4) is 0 Å². The van der Waals surface area contributed by atoms with E-state index in [0.29, 0.717) is 28.0 Å². The second-order valence-electron chi connectivity index (χ2n) is 11.5. The Balaban J connectivity index is 1.30. The average Bonchev–Trinajstić information content (AvgIpc) is 3.45. The Bertz CT molecular complexity index is 1430. The summed E-state index contributed by atoms with van der Waals surface area (Å²) in [7, 11) is 0. The number of halogens is 1. The van der Waals surface area contributed by atoms with Crippen LogP contribution in [0.1, 0.15) is 65.0 Å². The molecule has 5 rings (SSSR count). The summed E-state index contributed by atoms with van der Waals surface area (Å²) in [6.07, 6.45) is 10.2. The van der Waals surface area contributed by atoms with Crippen LogP contribution in [-0.4, -0.2) is 47.6 Å². The van der Waals surface area contributed by atoms with Crippen molar-refractivity contribution in [3.8, 4) is 5.75 Å². The number of allylic oxidation sites excluding steroid dienone is 2.